The maximum absolute atomic E-state index is 13.0. The van der Waals surface area contributed by atoms with E-state index in [-0.39, 0.29) is 11.9 Å². The second kappa shape index (κ2) is 8.15. The van der Waals surface area contributed by atoms with Crippen molar-refractivity contribution in [2.24, 2.45) is 0 Å². The molecule has 8 nitrogen and oxygen atoms in total. The van der Waals surface area contributed by atoms with Gasteiger partial charge in [0.2, 0.25) is 11.8 Å². The predicted octanol–water partition coefficient (Wildman–Crippen LogP) is 3.20. The summed E-state index contributed by atoms with van der Waals surface area (Å²) in [6.07, 6.45) is 2.91. The van der Waals surface area contributed by atoms with Gasteiger partial charge in [0, 0.05) is 18.2 Å². The Labute approximate surface area is 167 Å². The zero-order valence-electron chi connectivity index (χ0n) is 15.9. The van der Waals surface area contributed by atoms with Gasteiger partial charge in [-0.05, 0) is 38.4 Å². The van der Waals surface area contributed by atoms with E-state index in [2.05, 4.69) is 30.6 Å². The van der Waals surface area contributed by atoms with E-state index in [9.17, 15) is 4.79 Å². The van der Waals surface area contributed by atoms with E-state index in [1.54, 1.807) is 6.92 Å². The summed E-state index contributed by atoms with van der Waals surface area (Å²) in [7, 11) is 0. The average Bonchev–Trinajstić information content (AvgIpc) is 3.30. The molecule has 3 aromatic rings. The largest absolute Gasteiger partial charge is 0.340 e. The number of carbonyl (C=O) groups is 1. The molecular weight excluding hydrogens is 376 g/mol. The van der Waals surface area contributed by atoms with Crippen molar-refractivity contribution >= 4 is 22.9 Å². The van der Waals surface area contributed by atoms with Gasteiger partial charge in [0.05, 0.1) is 12.6 Å². The van der Waals surface area contributed by atoms with Crippen LogP contribution in [0.2, 0.25) is 0 Å². The first kappa shape index (κ1) is 18.7. The van der Waals surface area contributed by atoms with E-state index in [0.29, 0.717) is 18.3 Å². The normalized spacial score (nSPS) is 17.6. The highest BCUT2D eigenvalue weighted by molar-refractivity contribution is 7.14. The molecule has 0 aliphatic carbocycles. The van der Waals surface area contributed by atoms with Gasteiger partial charge in [-0.2, -0.15) is 4.98 Å². The minimum absolute atomic E-state index is 0.00879. The summed E-state index contributed by atoms with van der Waals surface area (Å²) in [4.78, 5) is 19.4. The summed E-state index contributed by atoms with van der Waals surface area (Å²) in [5.41, 5.74) is 1.71. The standard InChI is InChI=1S/C19H22N6O2S/c1-12-20-17(24-27-12)11-25-9-4-3-8-16(25)18(26)21-15-7-5-6-14(10-15)19-23-22-13(2)28-19/h5-7,10,16H,3-4,8-9,11H2,1-2H3,(H,21,26). The molecule has 1 aliphatic heterocycles. The number of piperidine rings is 1. The number of hydrogen-bond donors (Lipinski definition) is 1. The van der Waals surface area contributed by atoms with E-state index < -0.39 is 0 Å². The molecule has 1 amide bonds. The van der Waals surface area contributed by atoms with Crippen LogP contribution in [0, 0.1) is 13.8 Å². The zero-order valence-corrected chi connectivity index (χ0v) is 16.7. The summed E-state index contributed by atoms with van der Waals surface area (Å²) in [6.45, 7) is 5.05. The molecule has 1 aromatic carbocycles. The van der Waals surface area contributed by atoms with Crippen LogP contribution in [0.5, 0.6) is 0 Å². The van der Waals surface area contributed by atoms with E-state index in [4.69, 9.17) is 4.52 Å². The second-order valence-corrected chi connectivity index (χ2v) is 8.09. The molecular formula is C19H22N6O2S. The van der Waals surface area contributed by atoms with Crippen molar-refractivity contribution in [3.8, 4) is 10.6 Å². The molecule has 1 fully saturated rings. The number of rotatable bonds is 5. The van der Waals surface area contributed by atoms with Crippen LogP contribution in [0.3, 0.4) is 0 Å². The maximum Gasteiger partial charge on any atom is 0.241 e. The molecule has 0 spiro atoms. The van der Waals surface area contributed by atoms with Crippen molar-refractivity contribution in [3.05, 3.63) is 41.0 Å². The summed E-state index contributed by atoms with van der Waals surface area (Å²) in [5.74, 6) is 1.15. The van der Waals surface area contributed by atoms with Gasteiger partial charge in [-0.3, -0.25) is 9.69 Å². The van der Waals surface area contributed by atoms with Gasteiger partial charge in [-0.15, -0.1) is 10.2 Å². The van der Waals surface area contributed by atoms with E-state index in [0.717, 1.165) is 47.1 Å². The first-order chi connectivity index (χ1) is 13.6. The van der Waals surface area contributed by atoms with Crippen LogP contribution >= 0.6 is 11.3 Å². The first-order valence-corrected chi connectivity index (χ1v) is 10.1. The Hall–Kier alpha value is -2.65. The van der Waals surface area contributed by atoms with Crippen molar-refractivity contribution in [2.45, 2.75) is 45.7 Å². The fourth-order valence-corrected chi connectivity index (χ4v) is 4.12. The molecule has 146 valence electrons. The van der Waals surface area contributed by atoms with Gasteiger partial charge >= 0.3 is 0 Å². The summed E-state index contributed by atoms with van der Waals surface area (Å²) < 4.78 is 5.06. The Balaban J connectivity index is 1.47. The number of likely N-dealkylation sites (tertiary alicyclic amines) is 1. The van der Waals surface area contributed by atoms with Crippen LogP contribution in [0.4, 0.5) is 5.69 Å². The lowest BCUT2D eigenvalue weighted by atomic mass is 10.0. The van der Waals surface area contributed by atoms with Gasteiger partial charge in [0.25, 0.3) is 0 Å². The van der Waals surface area contributed by atoms with Gasteiger partial charge in [0.1, 0.15) is 10.0 Å². The molecule has 0 radical (unpaired) electrons. The number of amides is 1. The Bertz CT molecular complexity index is 969. The molecule has 4 rings (SSSR count). The van der Waals surface area contributed by atoms with Crippen LogP contribution < -0.4 is 5.32 Å². The van der Waals surface area contributed by atoms with Gasteiger partial charge in [0.15, 0.2) is 5.82 Å². The van der Waals surface area contributed by atoms with Crippen molar-refractivity contribution < 1.29 is 9.32 Å². The number of hydrogen-bond acceptors (Lipinski definition) is 8. The third-order valence-corrected chi connectivity index (χ3v) is 5.62. The molecule has 1 aliphatic rings. The van der Waals surface area contributed by atoms with E-state index in [1.807, 2.05) is 31.2 Å². The molecule has 0 saturated carbocycles. The molecule has 2 aromatic heterocycles. The van der Waals surface area contributed by atoms with Crippen molar-refractivity contribution in [2.75, 3.05) is 11.9 Å². The molecule has 1 atom stereocenters. The SMILES string of the molecule is Cc1nc(CN2CCCCC2C(=O)Nc2cccc(-c3nnc(C)s3)c2)no1. The number of aryl methyl sites for hydroxylation is 2. The van der Waals surface area contributed by atoms with Gasteiger partial charge < -0.3 is 9.84 Å². The van der Waals surface area contributed by atoms with E-state index in [1.165, 1.54) is 11.3 Å². The molecule has 1 unspecified atom stereocenters. The monoisotopic (exact) mass is 398 g/mol. The lowest BCUT2D eigenvalue weighted by molar-refractivity contribution is -0.122. The lowest BCUT2D eigenvalue weighted by Crippen LogP contribution is -2.46. The molecule has 28 heavy (non-hydrogen) atoms. The van der Waals surface area contributed by atoms with Crippen LogP contribution in [-0.2, 0) is 11.3 Å². The van der Waals surface area contributed by atoms with Crippen LogP contribution in [-0.4, -0.2) is 43.7 Å². The Morgan fingerprint density at radius 1 is 1.32 bits per heavy atom. The van der Waals surface area contributed by atoms with Crippen molar-refractivity contribution in [3.63, 3.8) is 0 Å². The van der Waals surface area contributed by atoms with Crippen molar-refractivity contribution in [1.82, 2.24) is 25.2 Å². The number of benzene rings is 1. The third kappa shape index (κ3) is 4.26. The molecule has 1 saturated heterocycles. The minimum atomic E-state index is -0.208. The fourth-order valence-electron chi connectivity index (χ4n) is 3.43. The zero-order chi connectivity index (χ0) is 19.5. The Morgan fingerprint density at radius 2 is 2.21 bits per heavy atom. The van der Waals surface area contributed by atoms with Crippen LogP contribution in [0.1, 0.15) is 36.0 Å². The minimum Gasteiger partial charge on any atom is -0.340 e. The quantitative estimate of drug-likeness (QED) is 0.705. The number of carbonyl (C=O) groups excluding carboxylic acids is 1. The second-order valence-electron chi connectivity index (χ2n) is 6.91. The number of anilines is 1. The van der Waals surface area contributed by atoms with E-state index >= 15 is 0 Å². The van der Waals surface area contributed by atoms with Gasteiger partial charge in [-0.1, -0.05) is 35.0 Å². The summed E-state index contributed by atoms with van der Waals surface area (Å²) >= 11 is 1.53. The molecule has 3 heterocycles. The number of nitrogens with one attached hydrogen (secondary N) is 1. The summed E-state index contributed by atoms with van der Waals surface area (Å²) in [6, 6.07) is 7.52. The fraction of sp³-hybridized carbons (Fsp3) is 0.421. The molecule has 1 N–H and O–H groups in total. The Morgan fingerprint density at radius 3 is 2.96 bits per heavy atom. The lowest BCUT2D eigenvalue weighted by Gasteiger charge is -2.33. The Kier molecular flexibility index (Phi) is 5.45. The summed E-state index contributed by atoms with van der Waals surface area (Å²) in [5, 5.41) is 17.0. The highest BCUT2D eigenvalue weighted by Gasteiger charge is 2.29. The average molecular weight is 398 g/mol. The smallest absolute Gasteiger partial charge is 0.241 e. The first-order valence-electron chi connectivity index (χ1n) is 9.33. The molecule has 0 bridgehead atoms. The topological polar surface area (TPSA) is 97.0 Å². The maximum atomic E-state index is 13.0. The van der Waals surface area contributed by atoms with Crippen LogP contribution in [0.15, 0.2) is 28.8 Å². The van der Waals surface area contributed by atoms with Crippen LogP contribution in [0.25, 0.3) is 10.6 Å². The highest BCUT2D eigenvalue weighted by Crippen LogP contribution is 2.26. The number of aromatic nitrogens is 4. The van der Waals surface area contributed by atoms with Crippen molar-refractivity contribution in [1.29, 1.82) is 0 Å². The van der Waals surface area contributed by atoms with Gasteiger partial charge in [-0.25, -0.2) is 0 Å². The number of nitrogens with zero attached hydrogens (tertiary/aromatic N) is 5. The third-order valence-electron chi connectivity index (χ3n) is 4.73. The highest BCUT2D eigenvalue weighted by atomic mass is 32.1. The molecule has 9 heteroatoms. The predicted molar refractivity (Wildman–Crippen MR) is 106 cm³/mol.